The van der Waals surface area contributed by atoms with Crippen LogP contribution in [-0.2, 0) is 0 Å². The summed E-state index contributed by atoms with van der Waals surface area (Å²) in [5.41, 5.74) is 4.83. The van der Waals surface area contributed by atoms with Crippen molar-refractivity contribution in [3.63, 3.8) is 0 Å². The third kappa shape index (κ3) is 3.04. The Morgan fingerprint density at radius 2 is 1.96 bits per heavy atom. The van der Waals surface area contributed by atoms with E-state index in [-0.39, 0.29) is 5.78 Å². The number of carbonyl (C=O) groups is 1. The van der Waals surface area contributed by atoms with Gasteiger partial charge in [0.05, 0.1) is 16.6 Å². The SMILES string of the molecule is CC(=O)c1ccc(/C=C(\C#N)c2nc3ccc(C)cc3[nH]2)cc1. The van der Waals surface area contributed by atoms with E-state index in [0.717, 1.165) is 22.2 Å². The van der Waals surface area contributed by atoms with E-state index in [9.17, 15) is 10.1 Å². The molecule has 0 bridgehead atoms. The van der Waals surface area contributed by atoms with Crippen molar-refractivity contribution >= 4 is 28.5 Å². The minimum Gasteiger partial charge on any atom is -0.337 e. The largest absolute Gasteiger partial charge is 0.337 e. The van der Waals surface area contributed by atoms with Crippen LogP contribution < -0.4 is 0 Å². The molecule has 3 aromatic rings. The fourth-order valence-electron chi connectivity index (χ4n) is 2.39. The summed E-state index contributed by atoms with van der Waals surface area (Å²) in [6, 6.07) is 15.3. The number of Topliss-reactive ketones (excluding diaryl/α,β-unsaturated/α-hetero) is 1. The Balaban J connectivity index is 2.00. The van der Waals surface area contributed by atoms with Crippen LogP contribution >= 0.6 is 0 Å². The van der Waals surface area contributed by atoms with E-state index in [2.05, 4.69) is 16.0 Å². The van der Waals surface area contributed by atoms with Gasteiger partial charge in [-0.3, -0.25) is 4.79 Å². The summed E-state index contributed by atoms with van der Waals surface area (Å²) in [7, 11) is 0. The van der Waals surface area contributed by atoms with Crippen molar-refractivity contribution < 1.29 is 4.79 Å². The number of carbonyl (C=O) groups excluding carboxylic acids is 1. The lowest BCUT2D eigenvalue weighted by Gasteiger charge is -1.98. The number of ketones is 1. The first-order valence-electron chi connectivity index (χ1n) is 7.26. The van der Waals surface area contributed by atoms with Gasteiger partial charge in [-0.15, -0.1) is 0 Å². The summed E-state index contributed by atoms with van der Waals surface area (Å²) in [4.78, 5) is 18.9. The van der Waals surface area contributed by atoms with Crippen LogP contribution in [0.4, 0.5) is 0 Å². The van der Waals surface area contributed by atoms with Crippen molar-refractivity contribution in [2.45, 2.75) is 13.8 Å². The topological polar surface area (TPSA) is 69.5 Å². The summed E-state index contributed by atoms with van der Waals surface area (Å²) < 4.78 is 0. The number of aromatic amines is 1. The molecule has 1 aromatic heterocycles. The van der Waals surface area contributed by atoms with Gasteiger partial charge in [-0.1, -0.05) is 30.3 Å². The van der Waals surface area contributed by atoms with E-state index < -0.39 is 0 Å². The van der Waals surface area contributed by atoms with Crippen LogP contribution in [0.25, 0.3) is 22.7 Å². The smallest absolute Gasteiger partial charge is 0.159 e. The maximum atomic E-state index is 11.3. The summed E-state index contributed by atoms with van der Waals surface area (Å²) in [5, 5.41) is 9.43. The second kappa shape index (κ2) is 5.90. The normalized spacial score (nSPS) is 11.4. The zero-order valence-corrected chi connectivity index (χ0v) is 12.9. The fourth-order valence-corrected chi connectivity index (χ4v) is 2.39. The van der Waals surface area contributed by atoms with E-state index in [0.29, 0.717) is 17.0 Å². The van der Waals surface area contributed by atoms with Gasteiger partial charge in [0.2, 0.25) is 0 Å². The molecule has 0 amide bonds. The first kappa shape index (κ1) is 14.7. The number of allylic oxidation sites excluding steroid dienone is 1. The number of hydrogen-bond acceptors (Lipinski definition) is 3. The van der Waals surface area contributed by atoms with Gasteiger partial charge in [-0.05, 0) is 43.2 Å². The molecule has 1 heterocycles. The van der Waals surface area contributed by atoms with E-state index in [1.54, 1.807) is 18.2 Å². The lowest BCUT2D eigenvalue weighted by atomic mass is 10.1. The number of rotatable bonds is 3. The average Bonchev–Trinajstić information content (AvgIpc) is 2.95. The molecule has 0 radical (unpaired) electrons. The Bertz CT molecular complexity index is 956. The molecule has 1 N–H and O–H groups in total. The molecule has 0 saturated heterocycles. The van der Waals surface area contributed by atoms with Crippen molar-refractivity contribution in [3.05, 3.63) is 65.0 Å². The molecule has 4 nitrogen and oxygen atoms in total. The summed E-state index contributed by atoms with van der Waals surface area (Å²) in [6.45, 7) is 3.54. The third-order valence-electron chi connectivity index (χ3n) is 3.64. The number of aryl methyl sites for hydroxylation is 1. The number of imidazole rings is 1. The molecule has 3 rings (SSSR count). The predicted octanol–water partition coefficient (Wildman–Crippen LogP) is 4.14. The number of nitrogens with one attached hydrogen (secondary N) is 1. The molecule has 0 aliphatic heterocycles. The van der Waals surface area contributed by atoms with Gasteiger partial charge in [-0.25, -0.2) is 4.98 Å². The van der Waals surface area contributed by atoms with E-state index in [1.165, 1.54) is 6.92 Å². The second-order valence-corrected chi connectivity index (χ2v) is 5.45. The van der Waals surface area contributed by atoms with Gasteiger partial charge < -0.3 is 4.98 Å². The van der Waals surface area contributed by atoms with E-state index >= 15 is 0 Å². The standard InChI is InChI=1S/C19H15N3O/c1-12-3-8-17-18(9-12)22-19(21-17)16(11-20)10-14-4-6-15(7-5-14)13(2)23/h3-10H,1-2H3,(H,21,22)/b16-10+. The van der Waals surface area contributed by atoms with Crippen LogP contribution in [0.3, 0.4) is 0 Å². The maximum absolute atomic E-state index is 11.3. The first-order chi connectivity index (χ1) is 11.1. The van der Waals surface area contributed by atoms with Crippen LogP contribution in [0.15, 0.2) is 42.5 Å². The van der Waals surface area contributed by atoms with E-state index in [1.807, 2.05) is 37.3 Å². The van der Waals surface area contributed by atoms with Crippen molar-refractivity contribution in [2.24, 2.45) is 0 Å². The van der Waals surface area contributed by atoms with Crippen molar-refractivity contribution in [2.75, 3.05) is 0 Å². The zero-order chi connectivity index (χ0) is 16.4. The Morgan fingerprint density at radius 3 is 2.61 bits per heavy atom. The molecule has 0 aliphatic rings. The van der Waals surface area contributed by atoms with Crippen LogP contribution in [-0.4, -0.2) is 15.8 Å². The Morgan fingerprint density at radius 1 is 1.22 bits per heavy atom. The number of hydrogen-bond donors (Lipinski definition) is 1. The van der Waals surface area contributed by atoms with E-state index in [4.69, 9.17) is 0 Å². The Labute approximate surface area is 134 Å². The quantitative estimate of drug-likeness (QED) is 0.584. The molecular formula is C19H15N3O. The monoisotopic (exact) mass is 301 g/mol. The Hall–Kier alpha value is -3.19. The van der Waals surface area contributed by atoms with Gasteiger partial charge in [0.25, 0.3) is 0 Å². The molecule has 112 valence electrons. The Kier molecular flexibility index (Phi) is 3.78. The predicted molar refractivity (Wildman–Crippen MR) is 90.8 cm³/mol. The number of nitrogens with zero attached hydrogens (tertiary/aromatic N) is 2. The molecule has 0 unspecified atom stereocenters. The van der Waals surface area contributed by atoms with Crippen molar-refractivity contribution in [3.8, 4) is 6.07 Å². The first-order valence-corrected chi connectivity index (χ1v) is 7.26. The molecule has 0 aliphatic carbocycles. The van der Waals surface area contributed by atoms with Crippen LogP contribution in [0.1, 0.15) is 34.2 Å². The number of nitriles is 1. The zero-order valence-electron chi connectivity index (χ0n) is 12.9. The highest BCUT2D eigenvalue weighted by molar-refractivity contribution is 5.95. The summed E-state index contributed by atoms with van der Waals surface area (Å²) >= 11 is 0. The molecule has 4 heteroatoms. The molecule has 23 heavy (non-hydrogen) atoms. The van der Waals surface area contributed by atoms with Crippen LogP contribution in [0.5, 0.6) is 0 Å². The lowest BCUT2D eigenvalue weighted by molar-refractivity contribution is 0.101. The minimum absolute atomic E-state index is 0.0219. The highest BCUT2D eigenvalue weighted by Crippen LogP contribution is 2.20. The van der Waals surface area contributed by atoms with Crippen LogP contribution in [0, 0.1) is 18.3 Å². The van der Waals surface area contributed by atoms with Gasteiger partial charge in [0, 0.05) is 5.56 Å². The minimum atomic E-state index is 0.0219. The lowest BCUT2D eigenvalue weighted by Crippen LogP contribution is -1.91. The van der Waals surface area contributed by atoms with Gasteiger partial charge in [-0.2, -0.15) is 5.26 Å². The second-order valence-electron chi connectivity index (χ2n) is 5.45. The molecule has 2 aromatic carbocycles. The summed E-state index contributed by atoms with van der Waals surface area (Å²) in [6.07, 6.45) is 1.76. The molecular weight excluding hydrogens is 286 g/mol. The van der Waals surface area contributed by atoms with Crippen molar-refractivity contribution in [1.29, 1.82) is 5.26 Å². The highest BCUT2D eigenvalue weighted by atomic mass is 16.1. The number of aromatic nitrogens is 2. The van der Waals surface area contributed by atoms with Gasteiger partial charge >= 0.3 is 0 Å². The molecule has 0 atom stereocenters. The number of fused-ring (bicyclic) bond motifs is 1. The van der Waals surface area contributed by atoms with Gasteiger partial charge in [0.1, 0.15) is 11.9 Å². The fraction of sp³-hybridized carbons (Fsp3) is 0.105. The number of H-pyrrole nitrogens is 1. The molecule has 0 spiro atoms. The molecule has 0 fully saturated rings. The average molecular weight is 301 g/mol. The van der Waals surface area contributed by atoms with Crippen molar-refractivity contribution in [1.82, 2.24) is 9.97 Å². The number of benzene rings is 2. The maximum Gasteiger partial charge on any atom is 0.159 e. The van der Waals surface area contributed by atoms with Gasteiger partial charge in [0.15, 0.2) is 5.78 Å². The highest BCUT2D eigenvalue weighted by Gasteiger charge is 2.08. The molecule has 0 saturated carbocycles. The summed E-state index contributed by atoms with van der Waals surface area (Å²) in [5.74, 6) is 0.567. The van der Waals surface area contributed by atoms with Crippen LogP contribution in [0.2, 0.25) is 0 Å². The third-order valence-corrected chi connectivity index (χ3v) is 3.64.